The minimum absolute atomic E-state index is 0.501. The average molecular weight is 283 g/mol. The van der Waals surface area contributed by atoms with Gasteiger partial charge >= 0.3 is 0 Å². The van der Waals surface area contributed by atoms with Crippen LogP contribution in [-0.4, -0.2) is 16.1 Å². The van der Waals surface area contributed by atoms with Gasteiger partial charge in [-0.1, -0.05) is 12.2 Å². The van der Waals surface area contributed by atoms with Gasteiger partial charge in [-0.05, 0) is 61.2 Å². The lowest BCUT2D eigenvalue weighted by Crippen LogP contribution is -2.40. The molecule has 3 N–H and O–H groups in total. The van der Waals surface area contributed by atoms with Crippen LogP contribution in [-0.2, 0) is 0 Å². The van der Waals surface area contributed by atoms with Gasteiger partial charge in [0.1, 0.15) is 0 Å². The van der Waals surface area contributed by atoms with Crippen LogP contribution in [0.3, 0.4) is 0 Å². The third-order valence-corrected chi connectivity index (χ3v) is 4.63. The Labute approximate surface area is 123 Å². The summed E-state index contributed by atoms with van der Waals surface area (Å²) in [6, 6.07) is 8.80. The summed E-state index contributed by atoms with van der Waals surface area (Å²) in [6.45, 7) is 0. The molecule has 1 aromatic heterocycles. The van der Waals surface area contributed by atoms with Gasteiger partial charge in [0.15, 0.2) is 5.11 Å². The summed E-state index contributed by atoms with van der Waals surface area (Å²) in [5, 5.41) is 8.68. The van der Waals surface area contributed by atoms with Crippen LogP contribution in [0.4, 0.5) is 5.69 Å². The SMILES string of the molecule is S=C(Nc1ccc2[nH]ccc2c1)N[C@@H]1C[C@H]2C=C[C@H]1C2. The van der Waals surface area contributed by atoms with E-state index in [0.717, 1.165) is 22.2 Å². The number of allylic oxidation sites excluding steroid dienone is 1. The quantitative estimate of drug-likeness (QED) is 0.584. The normalized spacial score (nSPS) is 27.1. The molecule has 0 radical (unpaired) electrons. The van der Waals surface area contributed by atoms with Crippen molar-refractivity contribution in [1.29, 1.82) is 0 Å². The third-order valence-electron chi connectivity index (χ3n) is 4.41. The Balaban J connectivity index is 1.43. The second-order valence-electron chi connectivity index (χ2n) is 5.76. The Bertz CT molecular complexity index is 688. The third kappa shape index (κ3) is 2.10. The highest BCUT2D eigenvalue weighted by Gasteiger charge is 2.35. The smallest absolute Gasteiger partial charge is 0.171 e. The van der Waals surface area contributed by atoms with Gasteiger partial charge < -0.3 is 15.6 Å². The minimum Gasteiger partial charge on any atom is -0.361 e. The molecule has 4 heteroatoms. The molecule has 0 unspecified atom stereocenters. The largest absolute Gasteiger partial charge is 0.361 e. The maximum absolute atomic E-state index is 5.44. The van der Waals surface area contributed by atoms with Gasteiger partial charge in [0.05, 0.1) is 0 Å². The van der Waals surface area contributed by atoms with Gasteiger partial charge in [-0.2, -0.15) is 0 Å². The summed E-state index contributed by atoms with van der Waals surface area (Å²) in [5.41, 5.74) is 2.18. The van der Waals surface area contributed by atoms with Gasteiger partial charge in [0.25, 0.3) is 0 Å². The summed E-state index contributed by atoms with van der Waals surface area (Å²) >= 11 is 5.44. The van der Waals surface area contributed by atoms with Crippen molar-refractivity contribution in [1.82, 2.24) is 10.3 Å². The molecular formula is C16H17N3S. The summed E-state index contributed by atoms with van der Waals surface area (Å²) in [7, 11) is 0. The molecule has 20 heavy (non-hydrogen) atoms. The maximum atomic E-state index is 5.44. The molecule has 1 heterocycles. The van der Waals surface area contributed by atoms with Crippen molar-refractivity contribution < 1.29 is 0 Å². The molecule has 0 amide bonds. The highest BCUT2D eigenvalue weighted by atomic mass is 32.1. The molecule has 1 aromatic carbocycles. The zero-order valence-electron chi connectivity index (χ0n) is 11.1. The van der Waals surface area contributed by atoms with Crippen LogP contribution in [0, 0.1) is 11.8 Å². The molecule has 2 bridgehead atoms. The number of anilines is 1. The Kier molecular flexibility index (Phi) is 2.77. The first-order valence-corrected chi connectivity index (χ1v) is 7.52. The number of fused-ring (bicyclic) bond motifs is 3. The molecule has 0 aliphatic heterocycles. The lowest BCUT2D eigenvalue weighted by atomic mass is 10.0. The van der Waals surface area contributed by atoms with Crippen LogP contribution in [0.1, 0.15) is 12.8 Å². The van der Waals surface area contributed by atoms with E-state index < -0.39 is 0 Å². The molecule has 1 fully saturated rings. The van der Waals surface area contributed by atoms with Crippen molar-refractivity contribution in [3.63, 3.8) is 0 Å². The molecule has 2 aliphatic carbocycles. The number of aromatic nitrogens is 1. The van der Waals surface area contributed by atoms with E-state index in [0.29, 0.717) is 12.0 Å². The lowest BCUT2D eigenvalue weighted by molar-refractivity contribution is 0.526. The number of H-pyrrole nitrogens is 1. The summed E-state index contributed by atoms with van der Waals surface area (Å²) in [6.07, 6.45) is 9.13. The molecule has 3 nitrogen and oxygen atoms in total. The fraction of sp³-hybridized carbons (Fsp3) is 0.312. The van der Waals surface area contributed by atoms with Crippen molar-refractivity contribution in [2.75, 3.05) is 5.32 Å². The predicted molar refractivity (Wildman–Crippen MR) is 86.8 cm³/mol. The minimum atomic E-state index is 0.501. The van der Waals surface area contributed by atoms with Gasteiger partial charge in [-0.15, -0.1) is 0 Å². The van der Waals surface area contributed by atoms with Crippen molar-refractivity contribution in [2.24, 2.45) is 11.8 Å². The Morgan fingerprint density at radius 1 is 1.20 bits per heavy atom. The summed E-state index contributed by atoms with van der Waals surface area (Å²) in [4.78, 5) is 3.19. The Hall–Kier alpha value is -1.81. The van der Waals surface area contributed by atoms with E-state index in [1.807, 2.05) is 12.3 Å². The number of benzene rings is 1. The van der Waals surface area contributed by atoms with E-state index in [9.17, 15) is 0 Å². The van der Waals surface area contributed by atoms with E-state index in [2.05, 4.69) is 46.0 Å². The maximum Gasteiger partial charge on any atom is 0.171 e. The Morgan fingerprint density at radius 3 is 2.95 bits per heavy atom. The van der Waals surface area contributed by atoms with Crippen LogP contribution in [0.5, 0.6) is 0 Å². The van der Waals surface area contributed by atoms with Crippen LogP contribution >= 0.6 is 12.2 Å². The van der Waals surface area contributed by atoms with Crippen LogP contribution in [0.25, 0.3) is 10.9 Å². The Morgan fingerprint density at radius 2 is 2.15 bits per heavy atom. The monoisotopic (exact) mass is 283 g/mol. The number of hydrogen-bond acceptors (Lipinski definition) is 1. The first-order valence-electron chi connectivity index (χ1n) is 7.11. The molecule has 0 spiro atoms. The van der Waals surface area contributed by atoms with Crippen molar-refractivity contribution in [3.05, 3.63) is 42.6 Å². The topological polar surface area (TPSA) is 39.9 Å². The van der Waals surface area contributed by atoms with Gasteiger partial charge in [-0.3, -0.25) is 0 Å². The molecule has 2 aromatic rings. The number of thiocarbonyl (C=S) groups is 1. The second-order valence-corrected chi connectivity index (χ2v) is 6.17. The highest BCUT2D eigenvalue weighted by Crippen LogP contribution is 2.38. The van der Waals surface area contributed by atoms with E-state index in [4.69, 9.17) is 12.2 Å². The molecule has 3 atom stereocenters. The summed E-state index contributed by atoms with van der Waals surface area (Å²) in [5.74, 6) is 1.42. The first-order chi connectivity index (χ1) is 9.78. The van der Waals surface area contributed by atoms with E-state index in [-0.39, 0.29) is 0 Å². The zero-order chi connectivity index (χ0) is 13.5. The van der Waals surface area contributed by atoms with Crippen LogP contribution in [0.2, 0.25) is 0 Å². The number of rotatable bonds is 2. The van der Waals surface area contributed by atoms with E-state index in [1.165, 1.54) is 18.2 Å². The summed E-state index contributed by atoms with van der Waals surface area (Å²) < 4.78 is 0. The van der Waals surface area contributed by atoms with Crippen molar-refractivity contribution >= 4 is 33.9 Å². The zero-order valence-corrected chi connectivity index (χ0v) is 11.9. The average Bonchev–Trinajstić information content (AvgIpc) is 3.13. The van der Waals surface area contributed by atoms with Crippen molar-refractivity contribution in [3.8, 4) is 0 Å². The highest BCUT2D eigenvalue weighted by molar-refractivity contribution is 7.80. The number of aromatic amines is 1. The van der Waals surface area contributed by atoms with Crippen LogP contribution in [0.15, 0.2) is 42.6 Å². The van der Waals surface area contributed by atoms with Crippen molar-refractivity contribution in [2.45, 2.75) is 18.9 Å². The standard InChI is InChI=1S/C16H17N3S/c20-16(19-15-8-10-1-2-11(15)7-10)18-13-3-4-14-12(9-13)5-6-17-14/h1-6,9-11,15,17H,7-8H2,(H2,18,19,20)/t10-,11-,15+/m0/s1. The lowest BCUT2D eigenvalue weighted by Gasteiger charge is -2.22. The predicted octanol–water partition coefficient (Wildman–Crippen LogP) is 3.42. The van der Waals surface area contributed by atoms with Gasteiger partial charge in [-0.25, -0.2) is 0 Å². The number of hydrogen-bond donors (Lipinski definition) is 3. The van der Waals surface area contributed by atoms with Gasteiger partial charge in [0.2, 0.25) is 0 Å². The van der Waals surface area contributed by atoms with Gasteiger partial charge in [0, 0.05) is 28.8 Å². The molecule has 4 rings (SSSR count). The van der Waals surface area contributed by atoms with E-state index >= 15 is 0 Å². The first kappa shape index (κ1) is 12.0. The molecular weight excluding hydrogens is 266 g/mol. The van der Waals surface area contributed by atoms with E-state index in [1.54, 1.807) is 0 Å². The fourth-order valence-electron chi connectivity index (χ4n) is 3.41. The fourth-order valence-corrected chi connectivity index (χ4v) is 3.68. The second kappa shape index (κ2) is 4.63. The number of nitrogens with one attached hydrogen (secondary N) is 3. The molecule has 102 valence electrons. The molecule has 0 saturated heterocycles. The molecule has 2 aliphatic rings. The molecule has 1 saturated carbocycles. The van der Waals surface area contributed by atoms with Crippen LogP contribution < -0.4 is 10.6 Å².